The van der Waals surface area contributed by atoms with E-state index in [0.717, 1.165) is 18.3 Å². The largest absolute Gasteiger partial charge is 0.573 e. The lowest BCUT2D eigenvalue weighted by Gasteiger charge is -2.16. The maximum absolute atomic E-state index is 13.4. The molecule has 0 saturated carbocycles. The molecule has 12 heteroatoms. The smallest absolute Gasteiger partial charge is 0.493 e. The Balaban J connectivity index is 2.22. The van der Waals surface area contributed by atoms with Gasteiger partial charge in [-0.25, -0.2) is 8.42 Å². The van der Waals surface area contributed by atoms with Crippen molar-refractivity contribution in [1.82, 2.24) is 4.98 Å². The highest BCUT2D eigenvalue weighted by atomic mass is 32.2. The minimum absolute atomic E-state index is 0.0218. The summed E-state index contributed by atoms with van der Waals surface area (Å²) in [6.07, 6.45) is -3.83. The molecule has 0 atom stereocenters. The summed E-state index contributed by atoms with van der Waals surface area (Å²) in [6.45, 7) is -0.406. The second-order valence-electron chi connectivity index (χ2n) is 6.39. The Morgan fingerprint density at radius 2 is 1.78 bits per heavy atom. The van der Waals surface area contributed by atoms with E-state index in [4.69, 9.17) is 9.47 Å². The van der Waals surface area contributed by atoms with Crippen LogP contribution in [-0.2, 0) is 9.84 Å². The summed E-state index contributed by atoms with van der Waals surface area (Å²) in [7, 11) is -1.45. The van der Waals surface area contributed by atoms with E-state index in [2.05, 4.69) is 15.0 Å². The molecular weight excluding hydrogens is 453 g/mol. The van der Waals surface area contributed by atoms with Crippen molar-refractivity contribution in [2.45, 2.75) is 16.2 Å². The summed E-state index contributed by atoms with van der Waals surface area (Å²) in [5, 5.41) is 12.0. The molecule has 0 aliphatic carbocycles. The van der Waals surface area contributed by atoms with Crippen LogP contribution >= 0.6 is 0 Å². The third-order valence-electron chi connectivity index (χ3n) is 4.41. The van der Waals surface area contributed by atoms with Crippen LogP contribution in [0.15, 0.2) is 52.4 Å². The number of alkyl halides is 3. The van der Waals surface area contributed by atoms with E-state index in [1.807, 2.05) is 0 Å². The van der Waals surface area contributed by atoms with Gasteiger partial charge in [0.25, 0.3) is 0 Å². The number of sulfone groups is 1. The van der Waals surface area contributed by atoms with Crippen LogP contribution in [0, 0.1) is 0 Å². The third kappa shape index (κ3) is 4.81. The lowest BCUT2D eigenvalue weighted by atomic mass is 10.1. The summed E-state index contributed by atoms with van der Waals surface area (Å²) >= 11 is 0. The van der Waals surface area contributed by atoms with Crippen LogP contribution in [0.2, 0.25) is 0 Å². The van der Waals surface area contributed by atoms with Gasteiger partial charge in [0.1, 0.15) is 10.6 Å². The number of hydrogen-bond acceptors (Lipinski definition) is 8. The van der Waals surface area contributed by atoms with Gasteiger partial charge in [-0.15, -0.1) is 13.2 Å². The van der Waals surface area contributed by atoms with Gasteiger partial charge in [-0.2, -0.15) is 0 Å². The molecule has 2 N–H and O–H groups in total. The number of fused-ring (bicyclic) bond motifs is 1. The highest BCUT2D eigenvalue weighted by Crippen LogP contribution is 2.38. The van der Waals surface area contributed by atoms with E-state index >= 15 is 0 Å². The zero-order valence-corrected chi connectivity index (χ0v) is 17.7. The first-order chi connectivity index (χ1) is 15.1. The number of nitrogens with one attached hydrogen (secondary N) is 1. The quantitative estimate of drug-likeness (QED) is 0.514. The molecule has 8 nitrogen and oxygen atoms in total. The van der Waals surface area contributed by atoms with Crippen LogP contribution in [0.25, 0.3) is 10.9 Å². The Morgan fingerprint density at radius 1 is 1.06 bits per heavy atom. The number of ether oxygens (including phenoxy) is 3. The van der Waals surface area contributed by atoms with E-state index in [-0.39, 0.29) is 45.3 Å². The van der Waals surface area contributed by atoms with Crippen LogP contribution < -0.4 is 19.5 Å². The fourth-order valence-electron chi connectivity index (χ4n) is 3.03. The topological polar surface area (TPSA) is 107 Å². The molecule has 0 fully saturated rings. The molecule has 3 aromatic rings. The predicted molar refractivity (Wildman–Crippen MR) is 109 cm³/mol. The Kier molecular flexibility index (Phi) is 6.65. The van der Waals surface area contributed by atoms with Crippen molar-refractivity contribution >= 4 is 26.4 Å². The highest BCUT2D eigenvalue weighted by molar-refractivity contribution is 7.91. The summed E-state index contributed by atoms with van der Waals surface area (Å²) in [5.41, 5.74) is 0.206. The first kappa shape index (κ1) is 23.4. The van der Waals surface area contributed by atoms with Crippen LogP contribution in [-0.4, -0.2) is 52.2 Å². The first-order valence-electron chi connectivity index (χ1n) is 9.11. The van der Waals surface area contributed by atoms with Crippen molar-refractivity contribution in [2.24, 2.45) is 0 Å². The molecule has 172 valence electrons. The van der Waals surface area contributed by atoms with Gasteiger partial charge in [-0.05, 0) is 30.3 Å². The number of halogens is 3. The standard InChI is InChI=1S/C20H19F3N2O6S/c1-29-16-6-4-13(10-17(16)30-2)32(27,28)18-11-25-15-5-3-12(31-20(21,22)23)9-14(15)19(18)24-7-8-26/h3-6,9-11,26H,7-8H2,1-2H3,(H,24,25). The second-order valence-corrected chi connectivity index (χ2v) is 8.31. The monoisotopic (exact) mass is 472 g/mol. The molecule has 0 amide bonds. The van der Waals surface area contributed by atoms with Crippen molar-refractivity contribution in [3.63, 3.8) is 0 Å². The Morgan fingerprint density at radius 3 is 2.41 bits per heavy atom. The number of hydrogen-bond donors (Lipinski definition) is 2. The van der Waals surface area contributed by atoms with Crippen LogP contribution in [0.3, 0.4) is 0 Å². The molecule has 0 aliphatic heterocycles. The Hall–Kier alpha value is -3.25. The number of aliphatic hydroxyl groups is 1. The summed E-state index contributed by atoms with van der Waals surface area (Å²) < 4.78 is 79.0. The average molecular weight is 472 g/mol. The molecule has 0 radical (unpaired) electrons. The maximum Gasteiger partial charge on any atom is 0.573 e. The third-order valence-corrected chi connectivity index (χ3v) is 6.17. The van der Waals surface area contributed by atoms with Crippen molar-refractivity contribution in [3.8, 4) is 17.2 Å². The number of aromatic nitrogens is 1. The predicted octanol–water partition coefficient (Wildman–Crippen LogP) is 3.39. The molecule has 0 bridgehead atoms. The van der Waals surface area contributed by atoms with Crippen LogP contribution in [0.5, 0.6) is 17.2 Å². The molecule has 1 aromatic heterocycles. The lowest BCUT2D eigenvalue weighted by Crippen LogP contribution is -2.17. The second kappa shape index (κ2) is 9.09. The number of methoxy groups -OCH3 is 2. The summed E-state index contributed by atoms with van der Waals surface area (Å²) in [5.74, 6) is -0.0526. The summed E-state index contributed by atoms with van der Waals surface area (Å²) in [6, 6.07) is 7.35. The number of rotatable bonds is 8. The van der Waals surface area contributed by atoms with Crippen LogP contribution in [0.1, 0.15) is 0 Å². The van der Waals surface area contributed by atoms with Crippen molar-refractivity contribution in [1.29, 1.82) is 0 Å². The zero-order chi connectivity index (χ0) is 23.5. The van der Waals surface area contributed by atoms with E-state index < -0.39 is 21.9 Å². The average Bonchev–Trinajstić information content (AvgIpc) is 2.75. The maximum atomic E-state index is 13.4. The van der Waals surface area contributed by atoms with Gasteiger partial charge < -0.3 is 24.6 Å². The molecule has 0 spiro atoms. The van der Waals surface area contributed by atoms with Crippen molar-refractivity contribution < 1.29 is 40.9 Å². The fourth-order valence-corrected chi connectivity index (χ4v) is 4.43. The Bertz CT molecular complexity index is 1230. The highest BCUT2D eigenvalue weighted by Gasteiger charge is 2.31. The molecule has 32 heavy (non-hydrogen) atoms. The molecule has 3 rings (SSSR count). The fraction of sp³-hybridized carbons (Fsp3) is 0.250. The number of benzene rings is 2. The SMILES string of the molecule is COc1ccc(S(=O)(=O)c2cnc3ccc(OC(F)(F)F)cc3c2NCCO)cc1OC. The van der Waals surface area contributed by atoms with E-state index in [9.17, 15) is 26.7 Å². The van der Waals surface area contributed by atoms with E-state index in [1.165, 1.54) is 38.5 Å². The van der Waals surface area contributed by atoms with Gasteiger partial charge >= 0.3 is 6.36 Å². The Labute approximate surface area is 181 Å². The minimum Gasteiger partial charge on any atom is -0.493 e. The van der Waals surface area contributed by atoms with Gasteiger partial charge in [0.15, 0.2) is 11.5 Å². The minimum atomic E-state index is -4.93. The van der Waals surface area contributed by atoms with Gasteiger partial charge in [0.05, 0.1) is 36.9 Å². The van der Waals surface area contributed by atoms with Gasteiger partial charge in [0, 0.05) is 24.2 Å². The zero-order valence-electron chi connectivity index (χ0n) is 16.9. The number of aliphatic hydroxyl groups excluding tert-OH is 1. The molecule has 2 aromatic carbocycles. The van der Waals surface area contributed by atoms with E-state index in [0.29, 0.717) is 5.75 Å². The van der Waals surface area contributed by atoms with Crippen LogP contribution in [0.4, 0.5) is 18.9 Å². The lowest BCUT2D eigenvalue weighted by molar-refractivity contribution is -0.274. The van der Waals surface area contributed by atoms with Gasteiger partial charge in [-0.1, -0.05) is 0 Å². The number of nitrogens with zero attached hydrogens (tertiary/aromatic N) is 1. The van der Waals surface area contributed by atoms with Gasteiger partial charge in [-0.3, -0.25) is 4.98 Å². The van der Waals surface area contributed by atoms with Crippen molar-refractivity contribution in [2.75, 3.05) is 32.7 Å². The van der Waals surface area contributed by atoms with Crippen molar-refractivity contribution in [3.05, 3.63) is 42.6 Å². The normalized spacial score (nSPS) is 11.9. The molecular formula is C20H19F3N2O6S. The molecule has 0 unspecified atom stereocenters. The molecule has 0 aliphatic rings. The number of pyridine rings is 1. The summed E-state index contributed by atoms with van der Waals surface area (Å²) in [4.78, 5) is 3.64. The van der Waals surface area contributed by atoms with Gasteiger partial charge in [0.2, 0.25) is 9.84 Å². The number of anilines is 1. The van der Waals surface area contributed by atoms with E-state index in [1.54, 1.807) is 0 Å². The first-order valence-corrected chi connectivity index (χ1v) is 10.6. The molecule has 0 saturated heterocycles. The molecule has 1 heterocycles.